The number of amides is 1. The van der Waals surface area contributed by atoms with Crippen LogP contribution in [0.2, 0.25) is 0 Å². The molecule has 2 atom stereocenters. The Morgan fingerprint density at radius 3 is 2.95 bits per heavy atom. The average molecular weight is 262 g/mol. The molecule has 1 unspecified atom stereocenters. The number of para-hydroxylation sites is 1. The van der Waals surface area contributed by atoms with Gasteiger partial charge in [-0.25, -0.2) is 0 Å². The number of benzene rings is 1. The second kappa shape index (κ2) is 6.57. The summed E-state index contributed by atoms with van der Waals surface area (Å²) >= 11 is 0. The van der Waals surface area contributed by atoms with Crippen LogP contribution in [-0.2, 0) is 4.79 Å². The highest BCUT2D eigenvalue weighted by atomic mass is 16.5. The van der Waals surface area contributed by atoms with Crippen molar-refractivity contribution in [3.05, 3.63) is 29.8 Å². The first kappa shape index (κ1) is 13.9. The van der Waals surface area contributed by atoms with E-state index in [1.165, 1.54) is 0 Å². The molecule has 1 saturated heterocycles. The maximum atomic E-state index is 12.2. The lowest BCUT2D eigenvalue weighted by molar-refractivity contribution is -0.126. The van der Waals surface area contributed by atoms with E-state index in [1.54, 1.807) is 7.11 Å². The summed E-state index contributed by atoms with van der Waals surface area (Å²) in [6.07, 6.45) is 2.04. The van der Waals surface area contributed by atoms with E-state index in [0.29, 0.717) is 0 Å². The largest absolute Gasteiger partial charge is 0.496 e. The molecule has 0 spiro atoms. The molecule has 4 heteroatoms. The predicted octanol–water partition coefficient (Wildman–Crippen LogP) is 1.87. The van der Waals surface area contributed by atoms with E-state index in [4.69, 9.17) is 4.74 Å². The molecule has 1 aromatic rings. The summed E-state index contributed by atoms with van der Waals surface area (Å²) in [6, 6.07) is 7.76. The van der Waals surface area contributed by atoms with Crippen LogP contribution in [0.4, 0.5) is 0 Å². The fourth-order valence-corrected chi connectivity index (χ4v) is 2.51. The number of hydrogen-bond donors (Lipinski definition) is 2. The summed E-state index contributed by atoms with van der Waals surface area (Å²) in [7, 11) is 1.65. The van der Waals surface area contributed by atoms with Crippen molar-refractivity contribution in [1.29, 1.82) is 0 Å². The zero-order valence-electron chi connectivity index (χ0n) is 11.6. The van der Waals surface area contributed by atoms with Gasteiger partial charge in [-0.3, -0.25) is 4.79 Å². The molecule has 4 nitrogen and oxygen atoms in total. The minimum Gasteiger partial charge on any atom is -0.496 e. The Morgan fingerprint density at radius 1 is 1.47 bits per heavy atom. The molecule has 0 bridgehead atoms. The van der Waals surface area contributed by atoms with E-state index >= 15 is 0 Å². The summed E-state index contributed by atoms with van der Waals surface area (Å²) in [6.45, 7) is 3.79. The molecule has 1 heterocycles. The monoisotopic (exact) mass is 262 g/mol. The van der Waals surface area contributed by atoms with Crippen LogP contribution in [-0.4, -0.2) is 26.1 Å². The molecule has 1 aromatic carbocycles. The average Bonchev–Trinajstić information content (AvgIpc) is 2.48. The van der Waals surface area contributed by atoms with Crippen LogP contribution < -0.4 is 15.4 Å². The lowest BCUT2D eigenvalue weighted by Crippen LogP contribution is -2.41. The molecule has 0 radical (unpaired) electrons. The third-order valence-electron chi connectivity index (χ3n) is 3.63. The number of carbonyl (C=O) groups is 1. The van der Waals surface area contributed by atoms with Crippen LogP contribution in [0.5, 0.6) is 5.75 Å². The van der Waals surface area contributed by atoms with Crippen LogP contribution in [0.3, 0.4) is 0 Å². The zero-order chi connectivity index (χ0) is 13.7. The predicted molar refractivity (Wildman–Crippen MR) is 75.1 cm³/mol. The van der Waals surface area contributed by atoms with E-state index < -0.39 is 0 Å². The smallest absolute Gasteiger partial charge is 0.224 e. The minimum absolute atomic E-state index is 0.0365. The topological polar surface area (TPSA) is 50.4 Å². The molecule has 1 aliphatic heterocycles. The number of carbonyl (C=O) groups excluding carboxylic acids is 1. The number of hydrogen-bond acceptors (Lipinski definition) is 3. The lowest BCUT2D eigenvalue weighted by Gasteiger charge is -2.24. The molecular weight excluding hydrogens is 240 g/mol. The fourth-order valence-electron chi connectivity index (χ4n) is 2.51. The molecule has 2 rings (SSSR count). The van der Waals surface area contributed by atoms with Crippen LogP contribution in [0.15, 0.2) is 24.3 Å². The Balaban J connectivity index is 1.99. The maximum Gasteiger partial charge on any atom is 0.224 e. The first-order valence-electron chi connectivity index (χ1n) is 6.86. The first-order chi connectivity index (χ1) is 9.22. The van der Waals surface area contributed by atoms with E-state index in [1.807, 2.05) is 31.2 Å². The number of methoxy groups -OCH3 is 1. The number of piperidine rings is 1. The van der Waals surface area contributed by atoms with Crippen molar-refractivity contribution in [1.82, 2.24) is 10.6 Å². The second-order valence-electron chi connectivity index (χ2n) is 5.02. The Kier molecular flexibility index (Phi) is 4.80. The van der Waals surface area contributed by atoms with Crippen LogP contribution >= 0.6 is 0 Å². The van der Waals surface area contributed by atoms with Gasteiger partial charge >= 0.3 is 0 Å². The minimum atomic E-state index is -0.0365. The van der Waals surface area contributed by atoms with Gasteiger partial charge in [0.25, 0.3) is 0 Å². The third kappa shape index (κ3) is 3.47. The molecule has 19 heavy (non-hydrogen) atoms. The molecule has 104 valence electrons. The van der Waals surface area contributed by atoms with Crippen molar-refractivity contribution < 1.29 is 9.53 Å². The summed E-state index contributed by atoms with van der Waals surface area (Å²) in [5.41, 5.74) is 1.02. The van der Waals surface area contributed by atoms with Crippen molar-refractivity contribution in [3.63, 3.8) is 0 Å². The Labute approximate surface area is 114 Å². The van der Waals surface area contributed by atoms with Gasteiger partial charge < -0.3 is 15.4 Å². The van der Waals surface area contributed by atoms with Gasteiger partial charge in [0.2, 0.25) is 5.91 Å². The molecule has 1 fully saturated rings. The number of ether oxygens (including phenoxy) is 1. The van der Waals surface area contributed by atoms with Crippen molar-refractivity contribution in [2.75, 3.05) is 20.2 Å². The molecule has 0 saturated carbocycles. The van der Waals surface area contributed by atoms with Crippen molar-refractivity contribution in [3.8, 4) is 5.75 Å². The summed E-state index contributed by atoms with van der Waals surface area (Å²) in [4.78, 5) is 12.2. The van der Waals surface area contributed by atoms with Gasteiger partial charge in [-0.15, -0.1) is 0 Å². The Hall–Kier alpha value is -1.55. The highest BCUT2D eigenvalue weighted by Gasteiger charge is 2.23. The standard InChI is InChI=1S/C15H22N2O2/c1-11(13-7-3-4-8-14(13)19-2)17-15(18)12-6-5-9-16-10-12/h3-4,7-8,11-12,16H,5-6,9-10H2,1-2H3,(H,17,18)/t11?,12-/m0/s1. The molecule has 1 amide bonds. The van der Waals surface area contributed by atoms with Crippen molar-refractivity contribution in [2.45, 2.75) is 25.8 Å². The Morgan fingerprint density at radius 2 is 2.26 bits per heavy atom. The molecule has 1 aliphatic rings. The van der Waals surface area contributed by atoms with Gasteiger partial charge in [-0.05, 0) is 32.4 Å². The van der Waals surface area contributed by atoms with Gasteiger partial charge in [0, 0.05) is 12.1 Å². The quantitative estimate of drug-likeness (QED) is 0.871. The molecular formula is C15H22N2O2. The van der Waals surface area contributed by atoms with E-state index in [-0.39, 0.29) is 17.9 Å². The van der Waals surface area contributed by atoms with Crippen LogP contribution in [0, 0.1) is 5.92 Å². The van der Waals surface area contributed by atoms with E-state index in [9.17, 15) is 4.79 Å². The summed E-state index contributed by atoms with van der Waals surface area (Å²) < 4.78 is 5.33. The maximum absolute atomic E-state index is 12.2. The van der Waals surface area contributed by atoms with Gasteiger partial charge in [-0.1, -0.05) is 18.2 Å². The normalized spacial score (nSPS) is 20.6. The van der Waals surface area contributed by atoms with E-state index in [2.05, 4.69) is 10.6 Å². The summed E-state index contributed by atoms with van der Waals surface area (Å²) in [5, 5.41) is 6.35. The van der Waals surface area contributed by atoms with Crippen molar-refractivity contribution >= 4 is 5.91 Å². The summed E-state index contributed by atoms with van der Waals surface area (Å²) in [5.74, 6) is 1.04. The SMILES string of the molecule is COc1ccccc1C(C)NC(=O)[C@H]1CCCNC1. The van der Waals surface area contributed by atoms with Crippen LogP contribution in [0.25, 0.3) is 0 Å². The van der Waals surface area contributed by atoms with Gasteiger partial charge in [-0.2, -0.15) is 0 Å². The second-order valence-corrected chi connectivity index (χ2v) is 5.02. The van der Waals surface area contributed by atoms with Gasteiger partial charge in [0.15, 0.2) is 0 Å². The molecule has 0 aliphatic carbocycles. The fraction of sp³-hybridized carbons (Fsp3) is 0.533. The third-order valence-corrected chi connectivity index (χ3v) is 3.63. The number of rotatable bonds is 4. The van der Waals surface area contributed by atoms with E-state index in [0.717, 1.165) is 37.2 Å². The van der Waals surface area contributed by atoms with Gasteiger partial charge in [0.05, 0.1) is 19.1 Å². The number of nitrogens with one attached hydrogen (secondary N) is 2. The Bertz CT molecular complexity index is 428. The molecule has 0 aromatic heterocycles. The van der Waals surface area contributed by atoms with Crippen LogP contribution in [0.1, 0.15) is 31.4 Å². The molecule has 2 N–H and O–H groups in total. The first-order valence-corrected chi connectivity index (χ1v) is 6.86. The lowest BCUT2D eigenvalue weighted by atomic mass is 9.98. The highest BCUT2D eigenvalue weighted by Crippen LogP contribution is 2.24. The zero-order valence-corrected chi connectivity index (χ0v) is 11.6. The highest BCUT2D eigenvalue weighted by molar-refractivity contribution is 5.79. The van der Waals surface area contributed by atoms with Crippen molar-refractivity contribution in [2.24, 2.45) is 5.92 Å². The van der Waals surface area contributed by atoms with Gasteiger partial charge in [0.1, 0.15) is 5.75 Å².